The number of likely N-dealkylation sites (N-methyl/N-ethyl adjacent to an activating group) is 1. The van der Waals surface area contributed by atoms with Gasteiger partial charge in [0.05, 0.1) is 6.04 Å². The molecular formula is C8H14N2O. The lowest BCUT2D eigenvalue weighted by Crippen LogP contribution is -2.49. The fourth-order valence-corrected chi connectivity index (χ4v) is 2.23. The van der Waals surface area contributed by atoms with Crippen molar-refractivity contribution in [3.63, 3.8) is 0 Å². The van der Waals surface area contributed by atoms with Crippen LogP contribution < -0.4 is 5.32 Å². The molecule has 0 spiro atoms. The summed E-state index contributed by atoms with van der Waals surface area (Å²) >= 11 is 0. The largest absolute Gasteiger partial charge is 0.355 e. The third-order valence-electron chi connectivity index (χ3n) is 2.86. The Bertz CT molecular complexity index is 179. The molecule has 0 aliphatic carbocycles. The number of carbonyl (C=O) groups is 1. The SMILES string of the molecule is CN1CCC2CCNC(=O)C21. The van der Waals surface area contributed by atoms with Crippen molar-refractivity contribution in [2.24, 2.45) is 5.92 Å². The average Bonchev–Trinajstić information content (AvgIpc) is 2.34. The van der Waals surface area contributed by atoms with Crippen molar-refractivity contribution in [1.82, 2.24) is 10.2 Å². The van der Waals surface area contributed by atoms with Crippen molar-refractivity contribution in [2.45, 2.75) is 18.9 Å². The lowest BCUT2D eigenvalue weighted by Gasteiger charge is -2.28. The van der Waals surface area contributed by atoms with Crippen LogP contribution in [0.1, 0.15) is 12.8 Å². The normalized spacial score (nSPS) is 38.5. The molecule has 0 radical (unpaired) electrons. The van der Waals surface area contributed by atoms with Gasteiger partial charge < -0.3 is 5.32 Å². The number of amides is 1. The van der Waals surface area contributed by atoms with E-state index in [0.717, 1.165) is 13.1 Å². The Morgan fingerprint density at radius 3 is 3.09 bits per heavy atom. The molecule has 2 aliphatic heterocycles. The Labute approximate surface area is 66.8 Å². The third-order valence-corrected chi connectivity index (χ3v) is 2.86. The first-order valence-electron chi connectivity index (χ1n) is 4.27. The predicted octanol–water partition coefficient (Wildman–Crippen LogP) is -0.173. The van der Waals surface area contributed by atoms with Crippen molar-refractivity contribution in [2.75, 3.05) is 20.1 Å². The van der Waals surface area contributed by atoms with Crippen LogP contribution in [0.2, 0.25) is 0 Å². The predicted molar refractivity (Wildman–Crippen MR) is 42.2 cm³/mol. The van der Waals surface area contributed by atoms with E-state index >= 15 is 0 Å². The number of carbonyl (C=O) groups excluding carboxylic acids is 1. The number of nitrogens with one attached hydrogen (secondary N) is 1. The summed E-state index contributed by atoms with van der Waals surface area (Å²) in [5.41, 5.74) is 0. The lowest BCUT2D eigenvalue weighted by atomic mass is 9.93. The highest BCUT2D eigenvalue weighted by atomic mass is 16.2. The third kappa shape index (κ3) is 1.03. The van der Waals surface area contributed by atoms with E-state index in [2.05, 4.69) is 10.2 Å². The zero-order valence-corrected chi connectivity index (χ0v) is 6.84. The molecule has 1 amide bonds. The van der Waals surface area contributed by atoms with Gasteiger partial charge in [-0.15, -0.1) is 0 Å². The van der Waals surface area contributed by atoms with E-state index in [1.807, 2.05) is 7.05 Å². The van der Waals surface area contributed by atoms with Crippen molar-refractivity contribution in [1.29, 1.82) is 0 Å². The Morgan fingerprint density at radius 1 is 1.55 bits per heavy atom. The van der Waals surface area contributed by atoms with Crippen LogP contribution in [0, 0.1) is 5.92 Å². The Balaban J connectivity index is 2.14. The molecule has 62 valence electrons. The molecule has 2 unspecified atom stereocenters. The highest BCUT2D eigenvalue weighted by Gasteiger charge is 2.39. The maximum atomic E-state index is 11.3. The zero-order valence-electron chi connectivity index (χ0n) is 6.84. The van der Waals surface area contributed by atoms with E-state index in [0.29, 0.717) is 5.92 Å². The molecule has 2 aliphatic rings. The van der Waals surface area contributed by atoms with E-state index in [9.17, 15) is 4.79 Å². The molecule has 0 aromatic carbocycles. The minimum atomic E-state index is 0.184. The maximum Gasteiger partial charge on any atom is 0.237 e. The quantitative estimate of drug-likeness (QED) is 0.525. The summed E-state index contributed by atoms with van der Waals surface area (Å²) in [6.45, 7) is 1.97. The first-order chi connectivity index (χ1) is 5.29. The molecule has 2 heterocycles. The van der Waals surface area contributed by atoms with Crippen molar-refractivity contribution in [3.8, 4) is 0 Å². The molecule has 2 rings (SSSR count). The van der Waals surface area contributed by atoms with Gasteiger partial charge in [-0.25, -0.2) is 0 Å². The van der Waals surface area contributed by atoms with E-state index in [-0.39, 0.29) is 11.9 Å². The number of nitrogens with zero attached hydrogens (tertiary/aromatic N) is 1. The number of rotatable bonds is 0. The molecule has 3 nitrogen and oxygen atoms in total. The van der Waals surface area contributed by atoms with E-state index in [4.69, 9.17) is 0 Å². The summed E-state index contributed by atoms with van der Waals surface area (Å²) in [5.74, 6) is 0.870. The fraction of sp³-hybridized carbons (Fsp3) is 0.875. The molecule has 3 heteroatoms. The monoisotopic (exact) mass is 154 g/mol. The molecule has 0 saturated carbocycles. The number of hydrogen-bond donors (Lipinski definition) is 1. The second-order valence-electron chi connectivity index (χ2n) is 3.55. The molecule has 0 aromatic rings. The fourth-order valence-electron chi connectivity index (χ4n) is 2.23. The summed E-state index contributed by atoms with van der Waals surface area (Å²) in [6.07, 6.45) is 2.37. The van der Waals surface area contributed by atoms with Gasteiger partial charge in [-0.2, -0.15) is 0 Å². The molecular weight excluding hydrogens is 140 g/mol. The van der Waals surface area contributed by atoms with Crippen LogP contribution >= 0.6 is 0 Å². The van der Waals surface area contributed by atoms with Crippen molar-refractivity contribution < 1.29 is 4.79 Å². The van der Waals surface area contributed by atoms with Crippen molar-refractivity contribution >= 4 is 5.91 Å². The number of fused-ring (bicyclic) bond motifs is 1. The summed E-state index contributed by atoms with van der Waals surface area (Å²) in [4.78, 5) is 13.5. The summed E-state index contributed by atoms with van der Waals surface area (Å²) in [7, 11) is 2.04. The van der Waals surface area contributed by atoms with Gasteiger partial charge in [0.25, 0.3) is 0 Å². The number of likely N-dealkylation sites (tertiary alicyclic amines) is 1. The first kappa shape index (κ1) is 7.10. The minimum Gasteiger partial charge on any atom is -0.355 e. The van der Waals surface area contributed by atoms with Crippen molar-refractivity contribution in [3.05, 3.63) is 0 Å². The standard InChI is InChI=1S/C8H14N2O/c1-10-5-3-6-2-4-9-8(11)7(6)10/h6-7H,2-5H2,1H3,(H,9,11). The first-order valence-corrected chi connectivity index (χ1v) is 4.27. The summed E-state index contributed by atoms with van der Waals surface area (Å²) < 4.78 is 0. The molecule has 1 N–H and O–H groups in total. The molecule has 0 aromatic heterocycles. The highest BCUT2D eigenvalue weighted by molar-refractivity contribution is 5.83. The second-order valence-corrected chi connectivity index (χ2v) is 3.55. The molecule has 11 heavy (non-hydrogen) atoms. The Kier molecular flexibility index (Phi) is 1.60. The lowest BCUT2D eigenvalue weighted by molar-refractivity contribution is -0.127. The van der Waals surface area contributed by atoms with E-state index in [1.54, 1.807) is 0 Å². The second kappa shape index (κ2) is 2.48. The maximum absolute atomic E-state index is 11.3. The Hall–Kier alpha value is -0.570. The van der Waals surface area contributed by atoms with Gasteiger partial charge in [-0.3, -0.25) is 9.69 Å². The van der Waals surface area contributed by atoms with Crippen LogP contribution in [0.25, 0.3) is 0 Å². The topological polar surface area (TPSA) is 32.3 Å². The average molecular weight is 154 g/mol. The van der Waals surface area contributed by atoms with Gasteiger partial charge in [-0.1, -0.05) is 0 Å². The van der Waals surface area contributed by atoms with Gasteiger partial charge in [0.2, 0.25) is 5.91 Å². The Morgan fingerprint density at radius 2 is 2.36 bits per heavy atom. The molecule has 0 bridgehead atoms. The van der Waals surface area contributed by atoms with Crippen LogP contribution in [0.3, 0.4) is 0 Å². The van der Waals surface area contributed by atoms with Gasteiger partial charge >= 0.3 is 0 Å². The zero-order chi connectivity index (χ0) is 7.84. The molecule has 2 fully saturated rings. The smallest absolute Gasteiger partial charge is 0.237 e. The summed E-state index contributed by atoms with van der Waals surface area (Å²) in [6, 6.07) is 0.184. The van der Waals surface area contributed by atoms with Gasteiger partial charge in [0, 0.05) is 6.54 Å². The van der Waals surface area contributed by atoms with E-state index in [1.165, 1.54) is 12.8 Å². The van der Waals surface area contributed by atoms with Crippen LogP contribution in [0.5, 0.6) is 0 Å². The van der Waals surface area contributed by atoms with Crippen LogP contribution in [0.4, 0.5) is 0 Å². The van der Waals surface area contributed by atoms with Gasteiger partial charge in [0.15, 0.2) is 0 Å². The van der Waals surface area contributed by atoms with E-state index < -0.39 is 0 Å². The molecule has 2 saturated heterocycles. The van der Waals surface area contributed by atoms with Crippen LogP contribution in [-0.2, 0) is 4.79 Å². The van der Waals surface area contributed by atoms with Gasteiger partial charge in [0.1, 0.15) is 0 Å². The highest BCUT2D eigenvalue weighted by Crippen LogP contribution is 2.27. The number of piperidine rings is 1. The molecule has 2 atom stereocenters. The number of hydrogen-bond acceptors (Lipinski definition) is 2. The van der Waals surface area contributed by atoms with Crippen LogP contribution in [-0.4, -0.2) is 37.0 Å². The van der Waals surface area contributed by atoms with Crippen LogP contribution in [0.15, 0.2) is 0 Å². The van der Waals surface area contributed by atoms with Gasteiger partial charge in [-0.05, 0) is 32.4 Å². The minimum absolute atomic E-state index is 0.184. The summed E-state index contributed by atoms with van der Waals surface area (Å²) in [5, 5.41) is 2.90.